The van der Waals surface area contributed by atoms with Gasteiger partial charge >= 0.3 is 0 Å². The summed E-state index contributed by atoms with van der Waals surface area (Å²) in [7, 11) is 5.52. The van der Waals surface area contributed by atoms with Crippen molar-refractivity contribution >= 4 is 23.2 Å². The van der Waals surface area contributed by atoms with E-state index in [4.69, 9.17) is 0 Å². The quantitative estimate of drug-likeness (QED) is 0.527. The average molecular weight is 443 g/mol. The summed E-state index contributed by atoms with van der Waals surface area (Å²) < 4.78 is 0. The lowest BCUT2D eigenvalue weighted by molar-refractivity contribution is -0.127. The van der Waals surface area contributed by atoms with Crippen LogP contribution in [0.25, 0.3) is 0 Å². The van der Waals surface area contributed by atoms with E-state index < -0.39 is 0 Å². The topological polar surface area (TPSA) is 64.1 Å². The fraction of sp³-hybridized carbons (Fsp3) is 0.522. The van der Waals surface area contributed by atoms with Crippen molar-refractivity contribution in [2.75, 3.05) is 40.8 Å². The molecule has 1 aliphatic heterocycles. The molecule has 7 nitrogen and oxygen atoms in total. The van der Waals surface area contributed by atoms with Gasteiger partial charge in [-0.1, -0.05) is 30.3 Å². The number of carbonyl (C=O) groups excluding carboxylic acids is 1. The summed E-state index contributed by atoms with van der Waals surface area (Å²) in [6.45, 7) is 5.91. The highest BCUT2D eigenvalue weighted by atomic mass is 32.1. The van der Waals surface area contributed by atoms with Crippen LogP contribution in [-0.4, -0.2) is 78.4 Å². The predicted molar refractivity (Wildman–Crippen MR) is 127 cm³/mol. The number of hydrogen-bond acceptors (Lipinski definition) is 5. The monoisotopic (exact) mass is 442 g/mol. The molecular weight excluding hydrogens is 408 g/mol. The molecule has 2 aromatic rings. The van der Waals surface area contributed by atoms with Gasteiger partial charge in [0.25, 0.3) is 0 Å². The molecule has 2 heterocycles. The Morgan fingerprint density at radius 2 is 1.94 bits per heavy atom. The molecule has 1 aromatic heterocycles. The summed E-state index contributed by atoms with van der Waals surface area (Å²) >= 11 is 1.65. The van der Waals surface area contributed by atoms with E-state index in [2.05, 4.69) is 60.8 Å². The Balaban J connectivity index is 1.58. The van der Waals surface area contributed by atoms with Crippen molar-refractivity contribution in [3.63, 3.8) is 0 Å². The Kier molecular flexibility index (Phi) is 8.43. The highest BCUT2D eigenvalue weighted by molar-refractivity contribution is 7.09. The number of aromatic nitrogens is 1. The van der Waals surface area contributed by atoms with Gasteiger partial charge in [0.15, 0.2) is 5.96 Å². The molecule has 0 aliphatic carbocycles. The number of nitrogens with one attached hydrogen (secondary N) is 1. The molecule has 0 atom stereocenters. The van der Waals surface area contributed by atoms with Gasteiger partial charge in [0.1, 0.15) is 6.54 Å². The van der Waals surface area contributed by atoms with Crippen LogP contribution in [0.1, 0.15) is 29.1 Å². The zero-order valence-corrected chi connectivity index (χ0v) is 19.9. The standard InChI is InChI=1S/C23H34N6OS/c1-18-25-21(17-31-18)16-28(4)23(24-14-22(30)27(2)3)26-20-10-12-29(13-11-20)15-19-8-6-5-7-9-19/h5-9,17,20H,10-16H2,1-4H3,(H,24,26). The van der Waals surface area contributed by atoms with Gasteiger partial charge in [0.2, 0.25) is 5.91 Å². The van der Waals surface area contributed by atoms with Crippen LogP contribution >= 0.6 is 11.3 Å². The maximum atomic E-state index is 12.1. The molecule has 3 rings (SSSR count). The van der Waals surface area contributed by atoms with E-state index in [-0.39, 0.29) is 12.5 Å². The smallest absolute Gasteiger partial charge is 0.243 e. The normalized spacial score (nSPS) is 15.7. The molecule has 0 bridgehead atoms. The lowest BCUT2D eigenvalue weighted by Crippen LogP contribution is -2.49. The molecule has 1 N–H and O–H groups in total. The average Bonchev–Trinajstić information content (AvgIpc) is 3.17. The molecule has 8 heteroatoms. The minimum atomic E-state index is -0.00474. The first-order valence-corrected chi connectivity index (χ1v) is 11.7. The van der Waals surface area contributed by atoms with Gasteiger partial charge in [-0.2, -0.15) is 0 Å². The van der Waals surface area contributed by atoms with Gasteiger partial charge in [-0.25, -0.2) is 9.98 Å². The third kappa shape index (κ3) is 7.33. The Bertz CT molecular complexity index is 858. The van der Waals surface area contributed by atoms with Crippen LogP contribution in [0.5, 0.6) is 0 Å². The number of amides is 1. The van der Waals surface area contributed by atoms with E-state index in [1.54, 1.807) is 30.3 Å². The SMILES string of the molecule is Cc1nc(CN(C)C(=NCC(=O)N(C)C)NC2CCN(Cc3ccccc3)CC2)cs1. The summed E-state index contributed by atoms with van der Waals surface area (Å²) in [5.74, 6) is 0.761. The number of thiazole rings is 1. The number of guanidine groups is 1. The first-order valence-electron chi connectivity index (χ1n) is 10.8. The number of likely N-dealkylation sites (tertiary alicyclic amines) is 1. The Morgan fingerprint density at radius 3 is 2.55 bits per heavy atom. The highest BCUT2D eigenvalue weighted by Gasteiger charge is 2.22. The molecule has 0 spiro atoms. The first-order chi connectivity index (χ1) is 14.9. The molecule has 31 heavy (non-hydrogen) atoms. The lowest BCUT2D eigenvalue weighted by atomic mass is 10.0. The minimum Gasteiger partial charge on any atom is -0.353 e. The van der Waals surface area contributed by atoms with Gasteiger partial charge in [-0.15, -0.1) is 11.3 Å². The van der Waals surface area contributed by atoms with Crippen molar-refractivity contribution in [2.24, 2.45) is 4.99 Å². The second-order valence-corrected chi connectivity index (χ2v) is 9.38. The van der Waals surface area contributed by atoms with E-state index in [9.17, 15) is 4.79 Å². The number of rotatable bonds is 7. The van der Waals surface area contributed by atoms with Crippen LogP contribution < -0.4 is 5.32 Å². The Morgan fingerprint density at radius 1 is 1.23 bits per heavy atom. The fourth-order valence-corrected chi connectivity index (χ4v) is 4.22. The van der Waals surface area contributed by atoms with Crippen LogP contribution in [0.2, 0.25) is 0 Å². The highest BCUT2D eigenvalue weighted by Crippen LogP contribution is 2.15. The summed E-state index contributed by atoms with van der Waals surface area (Å²) in [6, 6.07) is 11.0. The maximum Gasteiger partial charge on any atom is 0.243 e. The largest absolute Gasteiger partial charge is 0.353 e. The number of aryl methyl sites for hydroxylation is 1. The van der Waals surface area contributed by atoms with E-state index >= 15 is 0 Å². The van der Waals surface area contributed by atoms with Crippen molar-refractivity contribution in [3.8, 4) is 0 Å². The maximum absolute atomic E-state index is 12.1. The molecule has 0 saturated carbocycles. The predicted octanol–water partition coefficient (Wildman–Crippen LogP) is 2.58. The minimum absolute atomic E-state index is 0.00474. The summed E-state index contributed by atoms with van der Waals surface area (Å²) in [5.41, 5.74) is 2.38. The zero-order chi connectivity index (χ0) is 22.2. The van der Waals surface area contributed by atoms with Gasteiger partial charge in [-0.05, 0) is 25.3 Å². The third-order valence-corrected chi connectivity index (χ3v) is 6.28. The molecule has 1 amide bonds. The van der Waals surface area contributed by atoms with Gasteiger partial charge in [0.05, 0.1) is 17.2 Å². The van der Waals surface area contributed by atoms with E-state index in [1.807, 2.05) is 14.0 Å². The number of hydrogen-bond donors (Lipinski definition) is 1. The number of benzene rings is 1. The van der Waals surface area contributed by atoms with E-state index in [1.165, 1.54) is 5.56 Å². The second-order valence-electron chi connectivity index (χ2n) is 8.32. The van der Waals surface area contributed by atoms with Crippen LogP contribution in [0.3, 0.4) is 0 Å². The Labute approximate surface area is 189 Å². The van der Waals surface area contributed by atoms with Gasteiger partial charge in [0, 0.05) is 52.2 Å². The van der Waals surface area contributed by atoms with Crippen molar-refractivity contribution in [1.29, 1.82) is 0 Å². The van der Waals surface area contributed by atoms with E-state index in [0.29, 0.717) is 12.6 Å². The fourth-order valence-electron chi connectivity index (χ4n) is 3.62. The first kappa shape index (κ1) is 23.2. The molecule has 0 unspecified atom stereocenters. The third-order valence-electron chi connectivity index (χ3n) is 5.46. The van der Waals surface area contributed by atoms with Crippen LogP contribution in [0, 0.1) is 6.92 Å². The molecular formula is C23H34N6OS. The lowest BCUT2D eigenvalue weighted by Gasteiger charge is -2.34. The Hall–Kier alpha value is -2.45. The van der Waals surface area contributed by atoms with Crippen molar-refractivity contribution in [3.05, 3.63) is 52.0 Å². The second kappa shape index (κ2) is 11.2. The number of likely N-dealkylation sites (N-methyl/N-ethyl adjacent to an activating group) is 1. The van der Waals surface area contributed by atoms with Crippen molar-refractivity contribution < 1.29 is 4.79 Å². The van der Waals surface area contributed by atoms with E-state index in [0.717, 1.165) is 49.1 Å². The molecule has 1 aromatic carbocycles. The van der Waals surface area contributed by atoms with Crippen LogP contribution in [0.15, 0.2) is 40.7 Å². The molecule has 1 aliphatic rings. The number of nitrogens with zero attached hydrogens (tertiary/aromatic N) is 5. The molecule has 0 radical (unpaired) electrons. The summed E-state index contributed by atoms with van der Waals surface area (Å²) in [6.07, 6.45) is 2.11. The van der Waals surface area contributed by atoms with Gasteiger partial charge < -0.3 is 15.1 Å². The van der Waals surface area contributed by atoms with Crippen molar-refractivity contribution in [1.82, 2.24) is 25.0 Å². The van der Waals surface area contributed by atoms with Crippen LogP contribution in [-0.2, 0) is 17.9 Å². The summed E-state index contributed by atoms with van der Waals surface area (Å²) in [4.78, 5) is 27.4. The number of carbonyl (C=O) groups is 1. The molecule has 1 saturated heterocycles. The number of piperidine rings is 1. The van der Waals surface area contributed by atoms with Crippen LogP contribution in [0.4, 0.5) is 0 Å². The van der Waals surface area contributed by atoms with Gasteiger partial charge in [-0.3, -0.25) is 9.69 Å². The summed E-state index contributed by atoms with van der Waals surface area (Å²) in [5, 5.41) is 6.75. The van der Waals surface area contributed by atoms with Crippen molar-refractivity contribution in [2.45, 2.75) is 38.9 Å². The number of aliphatic imine (C=N–C) groups is 1. The molecule has 1 fully saturated rings. The molecule has 168 valence electrons. The zero-order valence-electron chi connectivity index (χ0n) is 19.0.